The van der Waals surface area contributed by atoms with E-state index in [9.17, 15) is 9.59 Å². The molecule has 1 heterocycles. The van der Waals surface area contributed by atoms with Gasteiger partial charge in [0.05, 0.1) is 19.9 Å². The lowest BCUT2D eigenvalue weighted by Crippen LogP contribution is -2.21. The van der Waals surface area contributed by atoms with Gasteiger partial charge in [-0.3, -0.25) is 4.79 Å². The Morgan fingerprint density at radius 1 is 1.21 bits per heavy atom. The second-order valence-electron chi connectivity index (χ2n) is 4.53. The van der Waals surface area contributed by atoms with E-state index in [0.29, 0.717) is 11.4 Å². The molecule has 0 saturated carbocycles. The lowest BCUT2D eigenvalue weighted by Gasteiger charge is -2.10. The molecule has 1 amide bonds. The molecule has 0 spiro atoms. The number of rotatable bonds is 6. The van der Waals surface area contributed by atoms with Crippen LogP contribution in [0.3, 0.4) is 0 Å². The number of nitrogens with zero attached hydrogens (tertiary/aromatic N) is 1. The maximum absolute atomic E-state index is 12.1. The minimum absolute atomic E-state index is 0.147. The molecule has 0 aliphatic heterocycles. The van der Waals surface area contributed by atoms with Crippen LogP contribution < -0.4 is 14.8 Å². The van der Waals surface area contributed by atoms with Gasteiger partial charge in [-0.1, -0.05) is 11.6 Å². The fourth-order valence-electron chi connectivity index (χ4n) is 1.84. The monoisotopic (exact) mass is 350 g/mol. The van der Waals surface area contributed by atoms with Crippen molar-refractivity contribution in [2.75, 3.05) is 26.1 Å². The van der Waals surface area contributed by atoms with E-state index in [1.807, 2.05) is 0 Å². The van der Waals surface area contributed by atoms with Crippen molar-refractivity contribution in [1.29, 1.82) is 0 Å². The Bertz CT molecular complexity index is 751. The maximum atomic E-state index is 12.1. The van der Waals surface area contributed by atoms with E-state index in [0.717, 1.165) is 0 Å². The third-order valence-corrected chi connectivity index (χ3v) is 3.30. The van der Waals surface area contributed by atoms with E-state index < -0.39 is 18.5 Å². The van der Waals surface area contributed by atoms with Gasteiger partial charge in [0, 0.05) is 12.3 Å². The first kappa shape index (κ1) is 17.6. The first-order valence-electron chi connectivity index (χ1n) is 6.84. The third-order valence-electron chi connectivity index (χ3n) is 3.00. The lowest BCUT2D eigenvalue weighted by molar-refractivity contribution is -0.119. The smallest absolute Gasteiger partial charge is 0.342 e. The van der Waals surface area contributed by atoms with E-state index in [1.54, 1.807) is 24.3 Å². The molecule has 0 saturated heterocycles. The number of nitrogens with one attached hydrogen (secondary N) is 1. The number of amides is 1. The maximum Gasteiger partial charge on any atom is 0.342 e. The van der Waals surface area contributed by atoms with Gasteiger partial charge in [0.15, 0.2) is 11.8 Å². The highest BCUT2D eigenvalue weighted by atomic mass is 35.5. The van der Waals surface area contributed by atoms with Crippen LogP contribution in [-0.2, 0) is 9.53 Å². The predicted octanol–water partition coefficient (Wildman–Crippen LogP) is 2.55. The average molecular weight is 351 g/mol. The third kappa shape index (κ3) is 4.36. The second-order valence-corrected chi connectivity index (χ2v) is 4.89. The topological polar surface area (TPSA) is 86.8 Å². The summed E-state index contributed by atoms with van der Waals surface area (Å²) in [6.07, 6.45) is 1.49. The summed E-state index contributed by atoms with van der Waals surface area (Å²) < 4.78 is 15.2. The zero-order valence-electron chi connectivity index (χ0n) is 13.0. The Kier molecular flexibility index (Phi) is 5.97. The molecule has 1 N–H and O–H groups in total. The molecule has 1 aromatic heterocycles. The SMILES string of the molecule is COc1ccc(C(=O)OCC(=O)Nc2cccnc2Cl)c(OC)c1. The quantitative estimate of drug-likeness (QED) is 0.636. The summed E-state index contributed by atoms with van der Waals surface area (Å²) in [6.45, 7) is -0.473. The average Bonchev–Trinajstić information content (AvgIpc) is 2.61. The fraction of sp³-hybridized carbons (Fsp3) is 0.188. The molecule has 0 unspecified atom stereocenters. The molecule has 1 aromatic carbocycles. The zero-order chi connectivity index (χ0) is 17.5. The molecule has 126 valence electrons. The summed E-state index contributed by atoms with van der Waals surface area (Å²) in [5.74, 6) is -0.407. The van der Waals surface area contributed by atoms with E-state index in [4.69, 9.17) is 25.8 Å². The number of carbonyl (C=O) groups is 2. The van der Waals surface area contributed by atoms with Crippen molar-refractivity contribution in [2.45, 2.75) is 0 Å². The van der Waals surface area contributed by atoms with Crippen LogP contribution in [0.15, 0.2) is 36.5 Å². The molecule has 0 radical (unpaired) electrons. The van der Waals surface area contributed by atoms with Crippen molar-refractivity contribution in [3.8, 4) is 11.5 Å². The van der Waals surface area contributed by atoms with Crippen molar-refractivity contribution in [1.82, 2.24) is 4.98 Å². The number of benzene rings is 1. The van der Waals surface area contributed by atoms with E-state index >= 15 is 0 Å². The van der Waals surface area contributed by atoms with Crippen LogP contribution in [-0.4, -0.2) is 37.7 Å². The van der Waals surface area contributed by atoms with E-state index in [-0.39, 0.29) is 16.5 Å². The molecule has 2 aromatic rings. The van der Waals surface area contributed by atoms with Crippen LogP contribution >= 0.6 is 11.6 Å². The summed E-state index contributed by atoms with van der Waals surface area (Å²) in [5, 5.41) is 2.65. The van der Waals surface area contributed by atoms with Gasteiger partial charge in [0.25, 0.3) is 5.91 Å². The van der Waals surface area contributed by atoms with Gasteiger partial charge in [-0.2, -0.15) is 0 Å². The summed E-state index contributed by atoms with van der Waals surface area (Å²) >= 11 is 5.83. The number of esters is 1. The first-order valence-corrected chi connectivity index (χ1v) is 7.22. The minimum atomic E-state index is -0.693. The second kappa shape index (κ2) is 8.16. The molecular formula is C16H15ClN2O5. The molecule has 7 nitrogen and oxygen atoms in total. The largest absolute Gasteiger partial charge is 0.497 e. The van der Waals surface area contributed by atoms with Gasteiger partial charge in [-0.25, -0.2) is 9.78 Å². The summed E-state index contributed by atoms with van der Waals surface area (Å²) in [4.78, 5) is 27.7. The molecule has 24 heavy (non-hydrogen) atoms. The van der Waals surface area contributed by atoms with Crippen molar-refractivity contribution in [2.24, 2.45) is 0 Å². The number of hydrogen-bond acceptors (Lipinski definition) is 6. The Labute approximate surface area is 143 Å². The van der Waals surface area contributed by atoms with Crippen molar-refractivity contribution in [3.05, 3.63) is 47.2 Å². The molecule has 2 rings (SSSR count). The Morgan fingerprint density at radius 3 is 2.67 bits per heavy atom. The van der Waals surface area contributed by atoms with Gasteiger partial charge >= 0.3 is 5.97 Å². The van der Waals surface area contributed by atoms with Crippen LogP contribution in [0.25, 0.3) is 0 Å². The number of halogens is 1. The summed E-state index contributed by atoms with van der Waals surface area (Å²) in [5.41, 5.74) is 0.521. The number of anilines is 1. The van der Waals surface area contributed by atoms with E-state index in [2.05, 4.69) is 10.3 Å². The van der Waals surface area contributed by atoms with Crippen molar-refractivity contribution >= 4 is 29.2 Å². The van der Waals surface area contributed by atoms with Gasteiger partial charge in [-0.05, 0) is 24.3 Å². The van der Waals surface area contributed by atoms with Crippen molar-refractivity contribution in [3.63, 3.8) is 0 Å². The van der Waals surface area contributed by atoms with E-state index in [1.165, 1.54) is 26.5 Å². The number of pyridine rings is 1. The highest BCUT2D eigenvalue weighted by molar-refractivity contribution is 6.32. The molecule has 0 aliphatic rings. The van der Waals surface area contributed by atoms with Crippen LogP contribution in [0.4, 0.5) is 5.69 Å². The normalized spacial score (nSPS) is 9.96. The summed E-state index contributed by atoms with van der Waals surface area (Å²) in [7, 11) is 2.92. The number of carbonyl (C=O) groups excluding carboxylic acids is 2. The predicted molar refractivity (Wildman–Crippen MR) is 87.7 cm³/mol. The van der Waals surface area contributed by atoms with Crippen LogP contribution in [0.5, 0.6) is 11.5 Å². The van der Waals surface area contributed by atoms with Gasteiger partial charge in [-0.15, -0.1) is 0 Å². The van der Waals surface area contributed by atoms with Gasteiger partial charge in [0.1, 0.15) is 17.1 Å². The number of aromatic nitrogens is 1. The highest BCUT2D eigenvalue weighted by Crippen LogP contribution is 2.25. The molecule has 0 bridgehead atoms. The Balaban J connectivity index is 1.98. The molecular weight excluding hydrogens is 336 g/mol. The Morgan fingerprint density at radius 2 is 2.00 bits per heavy atom. The minimum Gasteiger partial charge on any atom is -0.497 e. The molecule has 8 heteroatoms. The van der Waals surface area contributed by atoms with Crippen LogP contribution in [0.2, 0.25) is 5.15 Å². The summed E-state index contributed by atoms with van der Waals surface area (Å²) in [6, 6.07) is 7.84. The highest BCUT2D eigenvalue weighted by Gasteiger charge is 2.16. The number of ether oxygens (including phenoxy) is 3. The fourth-order valence-corrected chi connectivity index (χ4v) is 2.01. The zero-order valence-corrected chi connectivity index (χ0v) is 13.8. The lowest BCUT2D eigenvalue weighted by atomic mass is 10.2. The van der Waals surface area contributed by atoms with Crippen LogP contribution in [0, 0.1) is 0 Å². The first-order chi connectivity index (χ1) is 11.5. The molecule has 0 fully saturated rings. The molecule has 0 atom stereocenters. The standard InChI is InChI=1S/C16H15ClN2O5/c1-22-10-5-6-11(13(8-10)23-2)16(21)24-9-14(20)19-12-4-3-7-18-15(12)17/h3-8H,9H2,1-2H3,(H,19,20). The Hall–Kier alpha value is -2.80. The van der Waals surface area contributed by atoms with Crippen LogP contribution in [0.1, 0.15) is 10.4 Å². The number of hydrogen-bond donors (Lipinski definition) is 1. The molecule has 0 aliphatic carbocycles. The van der Waals surface area contributed by atoms with Gasteiger partial charge < -0.3 is 19.5 Å². The number of methoxy groups -OCH3 is 2. The van der Waals surface area contributed by atoms with Gasteiger partial charge in [0.2, 0.25) is 0 Å². The van der Waals surface area contributed by atoms with Crippen molar-refractivity contribution < 1.29 is 23.8 Å².